The van der Waals surface area contributed by atoms with E-state index in [0.29, 0.717) is 0 Å². The van der Waals surface area contributed by atoms with Gasteiger partial charge in [0.15, 0.2) is 0 Å². The second kappa shape index (κ2) is 8.32. The zero-order valence-electron chi connectivity index (χ0n) is 8.51. The molecule has 0 saturated heterocycles. The lowest BCUT2D eigenvalue weighted by Crippen LogP contribution is -1.77. The third kappa shape index (κ3) is 5.96. The van der Waals surface area contributed by atoms with Crippen molar-refractivity contribution in [2.45, 2.75) is 40.0 Å². The van der Waals surface area contributed by atoms with E-state index in [1.165, 1.54) is 5.57 Å². The summed E-state index contributed by atoms with van der Waals surface area (Å²) in [6.45, 7) is 6.34. The highest BCUT2D eigenvalue weighted by atomic mass is 13.9. The van der Waals surface area contributed by atoms with Gasteiger partial charge in [-0.05, 0) is 33.1 Å². The summed E-state index contributed by atoms with van der Waals surface area (Å²) < 4.78 is 0. The van der Waals surface area contributed by atoms with Crippen molar-refractivity contribution in [1.82, 2.24) is 0 Å². The fraction of sp³-hybridized carbons (Fsp3) is 0.500. The maximum Gasteiger partial charge on any atom is -0.0136 e. The maximum absolute atomic E-state index is 2.25. The molecule has 0 rings (SSSR count). The van der Waals surface area contributed by atoms with E-state index in [4.69, 9.17) is 0 Å². The van der Waals surface area contributed by atoms with Crippen LogP contribution in [0.25, 0.3) is 0 Å². The molecule has 0 aliphatic heterocycles. The molecule has 0 aliphatic rings. The minimum atomic E-state index is 1.10. The van der Waals surface area contributed by atoms with Crippen molar-refractivity contribution in [3.63, 3.8) is 0 Å². The molecular weight excluding hydrogens is 144 g/mol. The molecule has 0 radical (unpaired) electrons. The molecule has 0 N–H and O–H groups in total. The second-order valence-corrected chi connectivity index (χ2v) is 2.80. The van der Waals surface area contributed by atoms with Gasteiger partial charge in [0, 0.05) is 0 Å². The zero-order valence-corrected chi connectivity index (χ0v) is 8.51. The van der Waals surface area contributed by atoms with Crippen LogP contribution in [0.1, 0.15) is 40.0 Å². The van der Waals surface area contributed by atoms with Crippen LogP contribution in [0.15, 0.2) is 36.0 Å². The lowest BCUT2D eigenvalue weighted by Gasteiger charge is -1.98. The number of allylic oxidation sites excluding steroid dienone is 6. The first-order valence-corrected chi connectivity index (χ1v) is 4.75. The Labute approximate surface area is 76.7 Å². The van der Waals surface area contributed by atoms with E-state index in [2.05, 4.69) is 51.2 Å². The molecule has 0 bridgehead atoms. The minimum absolute atomic E-state index is 1.10. The van der Waals surface area contributed by atoms with Crippen molar-refractivity contribution >= 4 is 0 Å². The van der Waals surface area contributed by atoms with E-state index >= 15 is 0 Å². The third-order valence-corrected chi connectivity index (χ3v) is 1.81. The molecule has 0 unspecified atom stereocenters. The number of hydrogen-bond donors (Lipinski definition) is 0. The summed E-state index contributed by atoms with van der Waals surface area (Å²) >= 11 is 0. The lowest BCUT2D eigenvalue weighted by atomic mass is 10.1. The summed E-state index contributed by atoms with van der Waals surface area (Å²) in [6.07, 6.45) is 14.3. The number of hydrogen-bond acceptors (Lipinski definition) is 0. The minimum Gasteiger partial charge on any atom is -0.0913 e. The van der Waals surface area contributed by atoms with E-state index in [-0.39, 0.29) is 0 Å². The van der Waals surface area contributed by atoms with Crippen molar-refractivity contribution in [3.8, 4) is 0 Å². The second-order valence-electron chi connectivity index (χ2n) is 2.80. The highest BCUT2D eigenvalue weighted by molar-refractivity contribution is 5.10. The Bertz CT molecular complexity index is 170. The normalized spacial score (nSPS) is 13.4. The molecule has 0 aromatic heterocycles. The fourth-order valence-electron chi connectivity index (χ4n) is 0.990. The van der Waals surface area contributed by atoms with Gasteiger partial charge in [-0.1, -0.05) is 42.9 Å². The summed E-state index contributed by atoms with van der Waals surface area (Å²) in [6, 6.07) is 0. The van der Waals surface area contributed by atoms with Crippen molar-refractivity contribution in [2.24, 2.45) is 0 Å². The highest BCUT2D eigenvalue weighted by Crippen LogP contribution is 2.08. The molecule has 0 amide bonds. The standard InChI is InChI=1S/C12H20/c1-4-7-9-11-12(6-3)10-8-5-2/h5-9H,4,10-11H2,1-3H3. The van der Waals surface area contributed by atoms with Gasteiger partial charge in [0.2, 0.25) is 0 Å². The van der Waals surface area contributed by atoms with Gasteiger partial charge in [-0.25, -0.2) is 0 Å². The molecule has 0 aromatic rings. The summed E-state index contributed by atoms with van der Waals surface area (Å²) in [7, 11) is 0. The SMILES string of the molecule is CC=CCC(=CC)CC=CCC. The topological polar surface area (TPSA) is 0 Å². The summed E-state index contributed by atoms with van der Waals surface area (Å²) in [4.78, 5) is 0. The van der Waals surface area contributed by atoms with Gasteiger partial charge in [-0.15, -0.1) is 0 Å². The Morgan fingerprint density at radius 2 is 1.67 bits per heavy atom. The van der Waals surface area contributed by atoms with Crippen molar-refractivity contribution in [1.29, 1.82) is 0 Å². The first kappa shape index (κ1) is 11.2. The Kier molecular flexibility index (Phi) is 7.78. The molecule has 12 heavy (non-hydrogen) atoms. The fourth-order valence-corrected chi connectivity index (χ4v) is 0.990. The van der Waals surface area contributed by atoms with Crippen LogP contribution in [-0.4, -0.2) is 0 Å². The summed E-state index contributed by atoms with van der Waals surface area (Å²) in [5.41, 5.74) is 1.50. The van der Waals surface area contributed by atoms with Crippen LogP contribution in [0.2, 0.25) is 0 Å². The van der Waals surface area contributed by atoms with Gasteiger partial charge in [-0.2, -0.15) is 0 Å². The molecule has 0 atom stereocenters. The lowest BCUT2D eigenvalue weighted by molar-refractivity contribution is 1.08. The third-order valence-electron chi connectivity index (χ3n) is 1.81. The van der Waals surface area contributed by atoms with Crippen LogP contribution in [0.3, 0.4) is 0 Å². The monoisotopic (exact) mass is 164 g/mol. The predicted molar refractivity (Wildman–Crippen MR) is 57.2 cm³/mol. The first-order chi connectivity index (χ1) is 5.85. The van der Waals surface area contributed by atoms with Crippen LogP contribution < -0.4 is 0 Å². The average molecular weight is 164 g/mol. The zero-order chi connectivity index (χ0) is 9.23. The number of rotatable bonds is 5. The smallest absolute Gasteiger partial charge is 0.0136 e. The highest BCUT2D eigenvalue weighted by Gasteiger charge is 1.88. The van der Waals surface area contributed by atoms with Crippen LogP contribution in [-0.2, 0) is 0 Å². The molecule has 0 heteroatoms. The van der Waals surface area contributed by atoms with Crippen LogP contribution in [0.5, 0.6) is 0 Å². The first-order valence-electron chi connectivity index (χ1n) is 4.75. The predicted octanol–water partition coefficient (Wildman–Crippen LogP) is 4.26. The van der Waals surface area contributed by atoms with Gasteiger partial charge in [0.1, 0.15) is 0 Å². The van der Waals surface area contributed by atoms with Gasteiger partial charge < -0.3 is 0 Å². The van der Waals surface area contributed by atoms with E-state index in [0.717, 1.165) is 19.3 Å². The Balaban J connectivity index is 3.77. The molecule has 0 aromatic carbocycles. The van der Waals surface area contributed by atoms with Crippen LogP contribution >= 0.6 is 0 Å². The maximum atomic E-state index is 2.25. The van der Waals surface area contributed by atoms with E-state index in [1.54, 1.807) is 0 Å². The molecule has 0 fully saturated rings. The molecule has 0 nitrogen and oxygen atoms in total. The molecule has 0 heterocycles. The molecule has 68 valence electrons. The average Bonchev–Trinajstić information content (AvgIpc) is 2.11. The molecular formula is C12H20. The van der Waals surface area contributed by atoms with Gasteiger partial charge >= 0.3 is 0 Å². The van der Waals surface area contributed by atoms with E-state index in [1.807, 2.05) is 0 Å². The Hall–Kier alpha value is -0.780. The van der Waals surface area contributed by atoms with Crippen molar-refractivity contribution in [2.75, 3.05) is 0 Å². The van der Waals surface area contributed by atoms with Crippen LogP contribution in [0, 0.1) is 0 Å². The largest absolute Gasteiger partial charge is 0.0913 e. The Morgan fingerprint density at radius 1 is 1.00 bits per heavy atom. The van der Waals surface area contributed by atoms with Crippen molar-refractivity contribution in [3.05, 3.63) is 36.0 Å². The summed E-state index contributed by atoms with van der Waals surface area (Å²) in [5, 5.41) is 0. The van der Waals surface area contributed by atoms with Gasteiger partial charge in [0.25, 0.3) is 0 Å². The Morgan fingerprint density at radius 3 is 2.17 bits per heavy atom. The van der Waals surface area contributed by atoms with Crippen LogP contribution in [0.4, 0.5) is 0 Å². The molecule has 0 saturated carbocycles. The molecule has 0 spiro atoms. The van der Waals surface area contributed by atoms with E-state index in [9.17, 15) is 0 Å². The van der Waals surface area contributed by atoms with Gasteiger partial charge in [0.05, 0.1) is 0 Å². The summed E-state index contributed by atoms with van der Waals surface area (Å²) in [5.74, 6) is 0. The van der Waals surface area contributed by atoms with Crippen molar-refractivity contribution < 1.29 is 0 Å². The van der Waals surface area contributed by atoms with Gasteiger partial charge in [-0.3, -0.25) is 0 Å². The van der Waals surface area contributed by atoms with E-state index < -0.39 is 0 Å². The quantitative estimate of drug-likeness (QED) is 0.533. The molecule has 0 aliphatic carbocycles.